The quantitative estimate of drug-likeness (QED) is 0.428. The van der Waals surface area contributed by atoms with Gasteiger partial charge in [0.1, 0.15) is 18.4 Å². The van der Waals surface area contributed by atoms with Crippen LogP contribution in [0.25, 0.3) is 0 Å². The topological polar surface area (TPSA) is 60.1 Å². The molecule has 0 spiro atoms. The van der Waals surface area contributed by atoms with E-state index in [0.29, 0.717) is 24.2 Å². The molecule has 1 aromatic carbocycles. The lowest BCUT2D eigenvalue weighted by Gasteiger charge is -2.32. The molecule has 0 aliphatic carbocycles. The molecule has 1 aromatic rings. The molecule has 0 saturated carbocycles. The van der Waals surface area contributed by atoms with Crippen molar-refractivity contribution >= 4 is 41.5 Å². The van der Waals surface area contributed by atoms with Gasteiger partial charge in [0.25, 0.3) is 0 Å². The number of aliphatic imine (C=N–C) groups is 1. The monoisotopic (exact) mass is 423 g/mol. The van der Waals surface area contributed by atoms with E-state index < -0.39 is 0 Å². The van der Waals surface area contributed by atoms with Crippen molar-refractivity contribution < 1.29 is 9.47 Å². The van der Waals surface area contributed by atoms with Crippen LogP contribution in [0, 0.1) is 0 Å². The first-order chi connectivity index (χ1) is 9.65. The Kier molecular flexibility index (Phi) is 5.56. The zero-order valence-corrected chi connectivity index (χ0v) is 14.9. The molecule has 3 rings (SSSR count). The van der Waals surface area contributed by atoms with Crippen LogP contribution in [0.2, 0.25) is 5.02 Å². The van der Waals surface area contributed by atoms with Gasteiger partial charge in [-0.15, -0.1) is 24.0 Å². The van der Waals surface area contributed by atoms with Gasteiger partial charge in [-0.2, -0.15) is 0 Å². The second-order valence-electron chi connectivity index (χ2n) is 5.09. The van der Waals surface area contributed by atoms with Crippen molar-refractivity contribution in [2.24, 2.45) is 10.7 Å². The van der Waals surface area contributed by atoms with E-state index in [9.17, 15) is 0 Å². The van der Waals surface area contributed by atoms with Crippen LogP contribution >= 0.6 is 35.6 Å². The number of hydrogen-bond donors (Lipinski definition) is 1. The molecule has 2 N–H and O–H groups in total. The van der Waals surface area contributed by atoms with Gasteiger partial charge in [0.2, 0.25) is 0 Å². The van der Waals surface area contributed by atoms with Crippen LogP contribution in [0.3, 0.4) is 0 Å². The van der Waals surface area contributed by atoms with Crippen LogP contribution in [0.1, 0.15) is 18.5 Å². The number of nitrogens with zero attached hydrogens (tertiary/aromatic N) is 2. The zero-order valence-electron chi connectivity index (χ0n) is 11.8. The lowest BCUT2D eigenvalue weighted by molar-refractivity contribution is 0.00520. The van der Waals surface area contributed by atoms with Crippen LogP contribution in [-0.2, 0) is 4.74 Å². The molecule has 0 amide bonds. The van der Waals surface area contributed by atoms with Crippen molar-refractivity contribution in [1.82, 2.24) is 4.90 Å². The lowest BCUT2D eigenvalue weighted by atomic mass is 10.1. The van der Waals surface area contributed by atoms with Crippen molar-refractivity contribution in [3.63, 3.8) is 0 Å². The van der Waals surface area contributed by atoms with Crippen LogP contribution < -0.4 is 10.5 Å². The fourth-order valence-electron chi connectivity index (χ4n) is 2.59. The van der Waals surface area contributed by atoms with Crippen molar-refractivity contribution in [1.29, 1.82) is 0 Å². The summed E-state index contributed by atoms with van der Waals surface area (Å²) in [5.41, 5.74) is 7.05. The van der Waals surface area contributed by atoms with E-state index in [-0.39, 0.29) is 36.1 Å². The molecule has 2 aliphatic heterocycles. The Morgan fingerprint density at radius 2 is 2.29 bits per heavy atom. The van der Waals surface area contributed by atoms with Gasteiger partial charge in [-0.05, 0) is 19.1 Å². The molecule has 116 valence electrons. The summed E-state index contributed by atoms with van der Waals surface area (Å²) in [6.45, 7) is 4.72. The molecule has 5 nitrogen and oxygen atoms in total. The lowest BCUT2D eigenvalue weighted by Crippen LogP contribution is -2.48. The van der Waals surface area contributed by atoms with Gasteiger partial charge in [-0.25, -0.2) is 4.99 Å². The second kappa shape index (κ2) is 7.02. The Hall–Kier alpha value is -0.730. The number of benzene rings is 1. The van der Waals surface area contributed by atoms with Crippen LogP contribution in [-0.4, -0.2) is 43.3 Å². The Balaban J connectivity index is 0.00000161. The van der Waals surface area contributed by atoms with E-state index in [2.05, 4.69) is 4.99 Å². The Bertz CT molecular complexity index is 541. The Labute approximate surface area is 146 Å². The number of fused-ring (bicyclic) bond motifs is 1. The number of rotatable bonds is 1. The fourth-order valence-corrected chi connectivity index (χ4v) is 2.88. The maximum atomic E-state index is 6.23. The second-order valence-corrected chi connectivity index (χ2v) is 5.50. The Morgan fingerprint density at radius 1 is 1.48 bits per heavy atom. The van der Waals surface area contributed by atoms with Gasteiger partial charge >= 0.3 is 0 Å². The van der Waals surface area contributed by atoms with Crippen LogP contribution in [0.15, 0.2) is 23.2 Å². The Morgan fingerprint density at radius 3 is 3.05 bits per heavy atom. The smallest absolute Gasteiger partial charge is 0.192 e. The molecular formula is C14H19ClIN3O2. The van der Waals surface area contributed by atoms with Gasteiger partial charge in [0.05, 0.1) is 12.7 Å². The SMILES string of the molecule is CC1CN(C(N)=NC2COc3cccc(Cl)c32)CCO1.I. The third-order valence-electron chi connectivity index (χ3n) is 3.60. The minimum absolute atomic E-state index is 0. The standard InChI is InChI=1S/C14H18ClN3O2.HI/c1-9-7-18(5-6-19-9)14(16)17-11-8-20-12-4-2-3-10(15)13(11)12;/h2-4,9,11H,5-8H2,1H3,(H2,16,17);1H. The number of ether oxygens (including phenoxy) is 2. The summed E-state index contributed by atoms with van der Waals surface area (Å²) in [5, 5.41) is 0.678. The number of nitrogens with two attached hydrogens (primary N) is 1. The van der Waals surface area contributed by atoms with Gasteiger partial charge in [-0.1, -0.05) is 17.7 Å². The van der Waals surface area contributed by atoms with Crippen LogP contribution in [0.5, 0.6) is 5.75 Å². The molecule has 2 atom stereocenters. The van der Waals surface area contributed by atoms with Crippen molar-refractivity contribution in [3.8, 4) is 5.75 Å². The molecule has 2 aliphatic rings. The molecule has 1 saturated heterocycles. The summed E-state index contributed by atoms with van der Waals surface area (Å²) >= 11 is 6.23. The average Bonchev–Trinajstić information content (AvgIpc) is 2.83. The van der Waals surface area contributed by atoms with Crippen LogP contribution in [0.4, 0.5) is 0 Å². The molecule has 2 heterocycles. The first-order valence-corrected chi connectivity index (χ1v) is 7.14. The highest BCUT2D eigenvalue weighted by Crippen LogP contribution is 2.39. The molecular weight excluding hydrogens is 405 g/mol. The first kappa shape index (κ1) is 16.6. The van der Waals surface area contributed by atoms with E-state index in [1.165, 1.54) is 0 Å². The molecule has 1 fully saturated rings. The molecule has 7 heteroatoms. The molecule has 21 heavy (non-hydrogen) atoms. The van der Waals surface area contributed by atoms with E-state index >= 15 is 0 Å². The van der Waals surface area contributed by atoms with Gasteiger partial charge in [0, 0.05) is 23.7 Å². The maximum absolute atomic E-state index is 6.23. The summed E-state index contributed by atoms with van der Waals surface area (Å²) < 4.78 is 11.1. The third kappa shape index (κ3) is 3.54. The van der Waals surface area contributed by atoms with Gasteiger partial charge < -0.3 is 20.1 Å². The minimum atomic E-state index is -0.128. The largest absolute Gasteiger partial charge is 0.491 e. The fraction of sp³-hybridized carbons (Fsp3) is 0.500. The summed E-state index contributed by atoms with van der Waals surface area (Å²) in [7, 11) is 0. The van der Waals surface area contributed by atoms with Gasteiger partial charge in [-0.3, -0.25) is 0 Å². The van der Waals surface area contributed by atoms with Crippen molar-refractivity contribution in [3.05, 3.63) is 28.8 Å². The zero-order chi connectivity index (χ0) is 14.1. The average molecular weight is 424 g/mol. The third-order valence-corrected chi connectivity index (χ3v) is 3.93. The highest BCUT2D eigenvalue weighted by Gasteiger charge is 2.27. The normalized spacial score (nSPS) is 25.0. The van der Waals surface area contributed by atoms with E-state index in [1.807, 2.05) is 30.0 Å². The predicted octanol–water partition coefficient (Wildman–Crippen LogP) is 2.43. The van der Waals surface area contributed by atoms with Crippen molar-refractivity contribution in [2.45, 2.75) is 19.1 Å². The highest BCUT2D eigenvalue weighted by molar-refractivity contribution is 14.0. The maximum Gasteiger partial charge on any atom is 0.192 e. The number of morpholine rings is 1. The number of hydrogen-bond acceptors (Lipinski definition) is 3. The predicted molar refractivity (Wildman–Crippen MR) is 93.7 cm³/mol. The van der Waals surface area contributed by atoms with E-state index in [1.54, 1.807) is 0 Å². The highest BCUT2D eigenvalue weighted by atomic mass is 127. The van der Waals surface area contributed by atoms with Gasteiger partial charge in [0.15, 0.2) is 5.96 Å². The summed E-state index contributed by atoms with van der Waals surface area (Å²) in [4.78, 5) is 6.64. The summed E-state index contributed by atoms with van der Waals surface area (Å²) in [6.07, 6.45) is 0.174. The van der Waals surface area contributed by atoms with Crippen molar-refractivity contribution in [2.75, 3.05) is 26.3 Å². The molecule has 0 aromatic heterocycles. The summed E-state index contributed by atoms with van der Waals surface area (Å²) in [5.74, 6) is 1.33. The molecule has 0 bridgehead atoms. The van der Waals surface area contributed by atoms with E-state index in [0.717, 1.165) is 24.4 Å². The first-order valence-electron chi connectivity index (χ1n) is 6.76. The summed E-state index contributed by atoms with van der Waals surface area (Å²) in [6, 6.07) is 5.51. The number of guanidine groups is 1. The van der Waals surface area contributed by atoms with E-state index in [4.69, 9.17) is 26.8 Å². The molecule has 2 unspecified atom stereocenters. The number of halogens is 2. The molecule has 0 radical (unpaired) electrons. The minimum Gasteiger partial charge on any atom is -0.491 e.